The number of hydrogen-bond acceptors (Lipinski definition) is 7. The first-order valence-corrected chi connectivity index (χ1v) is 12.7. The molecular formula is C29H28F2N6O2. The summed E-state index contributed by atoms with van der Waals surface area (Å²) in [5.41, 5.74) is 2.74. The fourth-order valence-electron chi connectivity index (χ4n) is 4.76. The molecule has 2 aliphatic rings. The molecule has 0 amide bonds. The molecule has 0 spiro atoms. The second kappa shape index (κ2) is 11.3. The first-order valence-electron chi connectivity index (χ1n) is 12.7. The van der Waals surface area contributed by atoms with Gasteiger partial charge in [0.05, 0.1) is 13.1 Å². The number of Topliss-reactive ketones (excluding diaryl/α,β-unsaturated/α-hetero) is 1. The van der Waals surface area contributed by atoms with Crippen molar-refractivity contribution in [1.29, 1.82) is 0 Å². The number of likely N-dealkylation sites (N-methyl/N-ethyl adjacent to an activating group) is 1. The predicted molar refractivity (Wildman–Crippen MR) is 144 cm³/mol. The molecule has 1 saturated heterocycles. The summed E-state index contributed by atoms with van der Waals surface area (Å²) in [6, 6.07) is 8.25. The van der Waals surface area contributed by atoms with Crippen LogP contribution in [0, 0.1) is 18.2 Å². The first-order chi connectivity index (χ1) is 18.8. The number of nitrogens with zero attached hydrogens (tertiary/aromatic N) is 5. The van der Waals surface area contributed by atoms with Gasteiger partial charge in [0.25, 0.3) is 5.69 Å². The van der Waals surface area contributed by atoms with Crippen molar-refractivity contribution in [3.63, 3.8) is 0 Å². The summed E-state index contributed by atoms with van der Waals surface area (Å²) in [4.78, 5) is 28.6. The number of rotatable bonds is 8. The fourth-order valence-corrected chi connectivity index (χ4v) is 4.76. The van der Waals surface area contributed by atoms with Crippen molar-refractivity contribution in [2.45, 2.75) is 19.8 Å². The second-order valence-electron chi connectivity index (χ2n) is 9.94. The molecule has 1 N–H and O–H groups in total. The van der Waals surface area contributed by atoms with Crippen molar-refractivity contribution in [1.82, 2.24) is 19.8 Å². The van der Waals surface area contributed by atoms with Crippen LogP contribution in [0.15, 0.2) is 42.2 Å². The number of nitrogens with one attached hydrogen (secondary N) is 1. The molecule has 2 heterocycles. The number of ketones is 1. The Morgan fingerprint density at radius 3 is 2.62 bits per heavy atom. The minimum absolute atomic E-state index is 0.0732. The van der Waals surface area contributed by atoms with Crippen LogP contribution in [0.5, 0.6) is 11.6 Å². The molecule has 1 aliphatic carbocycles. The topological polar surface area (TPSA) is 75.0 Å². The molecule has 0 radical (unpaired) electrons. The normalized spacial score (nSPS) is 15.4. The van der Waals surface area contributed by atoms with Gasteiger partial charge in [0, 0.05) is 55.5 Å². The van der Waals surface area contributed by atoms with Crippen LogP contribution in [-0.4, -0.2) is 65.3 Å². The number of carbonyl (C=O) groups excluding carboxylic acids is 1. The second-order valence-corrected chi connectivity index (χ2v) is 9.94. The molecule has 1 fully saturated rings. The maximum absolute atomic E-state index is 15.1. The van der Waals surface area contributed by atoms with Crippen LogP contribution in [0.3, 0.4) is 0 Å². The molecule has 0 atom stereocenters. The molecule has 39 heavy (non-hydrogen) atoms. The van der Waals surface area contributed by atoms with E-state index >= 15 is 4.39 Å². The van der Waals surface area contributed by atoms with E-state index in [-0.39, 0.29) is 40.0 Å². The highest BCUT2D eigenvalue weighted by molar-refractivity contribution is 5.83. The first kappa shape index (κ1) is 26.4. The van der Waals surface area contributed by atoms with Gasteiger partial charge in [0.15, 0.2) is 17.3 Å². The van der Waals surface area contributed by atoms with Crippen LogP contribution >= 0.6 is 0 Å². The average Bonchev–Trinajstić information content (AvgIpc) is 3.32. The average molecular weight is 531 g/mol. The lowest BCUT2D eigenvalue weighted by molar-refractivity contribution is -0.119. The number of halogens is 2. The lowest BCUT2D eigenvalue weighted by atomic mass is 10.1. The van der Waals surface area contributed by atoms with Gasteiger partial charge in [0.1, 0.15) is 18.0 Å². The van der Waals surface area contributed by atoms with E-state index in [4.69, 9.17) is 11.3 Å². The summed E-state index contributed by atoms with van der Waals surface area (Å²) in [6.07, 6.45) is 3.45. The smallest absolute Gasteiger partial charge is 0.288 e. The molecule has 1 aliphatic heterocycles. The van der Waals surface area contributed by atoms with Crippen LogP contribution in [0.2, 0.25) is 0 Å². The van der Waals surface area contributed by atoms with E-state index in [0.29, 0.717) is 25.1 Å². The Kier molecular flexibility index (Phi) is 7.63. The molecule has 10 heteroatoms. The van der Waals surface area contributed by atoms with E-state index < -0.39 is 11.6 Å². The number of anilines is 2. The monoisotopic (exact) mass is 530 g/mol. The van der Waals surface area contributed by atoms with Gasteiger partial charge >= 0.3 is 0 Å². The third-order valence-electron chi connectivity index (χ3n) is 6.89. The molecule has 5 rings (SSSR count). The molecule has 200 valence electrons. The molecule has 1 aromatic heterocycles. The van der Waals surface area contributed by atoms with E-state index in [0.717, 1.165) is 43.4 Å². The van der Waals surface area contributed by atoms with Crippen molar-refractivity contribution < 1.29 is 18.3 Å². The van der Waals surface area contributed by atoms with Gasteiger partial charge in [-0.05, 0) is 38.1 Å². The summed E-state index contributed by atoms with van der Waals surface area (Å²) < 4.78 is 35.2. The number of hydrogen-bond donors (Lipinski definition) is 1. The van der Waals surface area contributed by atoms with Gasteiger partial charge in [-0.2, -0.15) is 0 Å². The molecule has 2 aromatic carbocycles. The van der Waals surface area contributed by atoms with E-state index in [9.17, 15) is 9.18 Å². The Labute approximate surface area is 225 Å². The van der Waals surface area contributed by atoms with Crippen LogP contribution in [0.1, 0.15) is 23.6 Å². The molecule has 3 aromatic rings. The number of allylic oxidation sites excluding steroid dienone is 1. The summed E-state index contributed by atoms with van der Waals surface area (Å²) in [6.45, 7) is 13.6. The zero-order valence-electron chi connectivity index (χ0n) is 21.8. The summed E-state index contributed by atoms with van der Waals surface area (Å²) in [7, 11) is 2.08. The van der Waals surface area contributed by atoms with E-state index in [1.165, 1.54) is 6.33 Å². The summed E-state index contributed by atoms with van der Waals surface area (Å²) in [5, 5.41) is 3.05. The molecule has 0 bridgehead atoms. The van der Waals surface area contributed by atoms with Gasteiger partial charge in [-0.1, -0.05) is 23.8 Å². The zero-order chi connectivity index (χ0) is 27.5. The molecule has 0 unspecified atom stereocenters. The van der Waals surface area contributed by atoms with Gasteiger partial charge in [-0.25, -0.2) is 23.6 Å². The van der Waals surface area contributed by atoms with E-state index in [2.05, 4.69) is 37.0 Å². The Morgan fingerprint density at radius 1 is 1.15 bits per heavy atom. The molecule has 0 saturated carbocycles. The third-order valence-corrected chi connectivity index (χ3v) is 6.89. The van der Waals surface area contributed by atoms with Gasteiger partial charge in [-0.3, -0.25) is 9.69 Å². The Hall–Kier alpha value is -4.20. The summed E-state index contributed by atoms with van der Waals surface area (Å²) in [5.74, 6) is -1.50. The third kappa shape index (κ3) is 5.95. The van der Waals surface area contributed by atoms with Gasteiger partial charge < -0.3 is 15.0 Å². The fraction of sp³-hybridized carbons (Fsp3) is 0.310. The van der Waals surface area contributed by atoms with Crippen LogP contribution in [0.25, 0.3) is 10.9 Å². The van der Waals surface area contributed by atoms with Crippen molar-refractivity contribution >= 4 is 29.1 Å². The van der Waals surface area contributed by atoms with Crippen LogP contribution in [0.4, 0.5) is 26.0 Å². The van der Waals surface area contributed by atoms with Gasteiger partial charge in [0.2, 0.25) is 5.88 Å². The quantitative estimate of drug-likeness (QED) is 0.403. The number of carbonyl (C=O) groups is 1. The predicted octanol–water partition coefficient (Wildman–Crippen LogP) is 5.16. The Balaban J connectivity index is 1.27. The molecule has 8 nitrogen and oxygen atoms in total. The standard InChI is InChI=1S/C29H28F2N6O2/c1-18-12-22-23(13-18)26(31)25(15-24(22)30)39-29-27(32-2)28(33-17-34-29)35-20-6-4-19(5-7-20)14-21(38)16-37-10-8-36(3)9-11-37/h4-7,13,15,17H,8-12,14,16H2,1,3H3,(H,33,34,35). The Morgan fingerprint density at radius 2 is 1.90 bits per heavy atom. The largest absolute Gasteiger partial charge is 0.446 e. The van der Waals surface area contributed by atoms with E-state index in [1.807, 2.05) is 12.1 Å². The van der Waals surface area contributed by atoms with Crippen molar-refractivity contribution in [2.75, 3.05) is 45.1 Å². The minimum Gasteiger partial charge on any atom is -0.446 e. The highest BCUT2D eigenvalue weighted by Crippen LogP contribution is 2.40. The number of fused-ring (bicyclic) bond motifs is 1. The number of piperazine rings is 1. The maximum Gasteiger partial charge on any atom is 0.288 e. The summed E-state index contributed by atoms with van der Waals surface area (Å²) >= 11 is 0. The number of ether oxygens (including phenoxy) is 1. The Bertz CT molecular complexity index is 1470. The van der Waals surface area contributed by atoms with Crippen LogP contribution in [-0.2, 0) is 17.6 Å². The zero-order valence-corrected chi connectivity index (χ0v) is 21.8. The SMILES string of the molecule is [C-]#[N+]c1c(Nc2ccc(CC(=O)CN3CCN(C)CC3)cc2)ncnc1Oc1cc(F)c2c(c1F)C=C(C)C2. The lowest BCUT2D eigenvalue weighted by Crippen LogP contribution is -2.46. The van der Waals surface area contributed by atoms with Crippen LogP contribution < -0.4 is 10.1 Å². The minimum atomic E-state index is -0.704. The van der Waals surface area contributed by atoms with Crippen molar-refractivity contribution in [2.24, 2.45) is 0 Å². The van der Waals surface area contributed by atoms with Crippen molar-refractivity contribution in [3.05, 3.63) is 82.0 Å². The van der Waals surface area contributed by atoms with E-state index in [1.54, 1.807) is 25.1 Å². The lowest BCUT2D eigenvalue weighted by Gasteiger charge is -2.31. The molecular weight excluding hydrogens is 502 g/mol. The van der Waals surface area contributed by atoms with Gasteiger partial charge in [-0.15, -0.1) is 0 Å². The highest BCUT2D eigenvalue weighted by Gasteiger charge is 2.24. The number of aromatic nitrogens is 2. The van der Waals surface area contributed by atoms with Crippen molar-refractivity contribution in [3.8, 4) is 11.6 Å². The maximum atomic E-state index is 15.1. The highest BCUT2D eigenvalue weighted by atomic mass is 19.1. The number of benzene rings is 2.